The van der Waals surface area contributed by atoms with Crippen molar-refractivity contribution in [3.63, 3.8) is 0 Å². The van der Waals surface area contributed by atoms with Gasteiger partial charge in [-0.2, -0.15) is 0 Å². The van der Waals surface area contributed by atoms with E-state index in [1.165, 1.54) is 51.4 Å². The van der Waals surface area contributed by atoms with Crippen LogP contribution in [0.4, 0.5) is 0 Å². The number of nitrogens with one attached hydrogen (secondary N) is 1. The Bertz CT molecular complexity index is 178. The van der Waals surface area contributed by atoms with Gasteiger partial charge in [0.2, 0.25) is 5.91 Å². The molecule has 0 rings (SSSR count). The van der Waals surface area contributed by atoms with Crippen LogP contribution < -0.4 is 5.32 Å². The van der Waals surface area contributed by atoms with Crippen LogP contribution in [0.25, 0.3) is 0 Å². The number of hydrogen-bond donors (Lipinski definition) is 1. The summed E-state index contributed by atoms with van der Waals surface area (Å²) in [6, 6.07) is 0. The van der Waals surface area contributed by atoms with Gasteiger partial charge < -0.3 is 5.32 Å². The Balaban J connectivity index is 3.06. The molecule has 1 N–H and O–H groups in total. The molecule has 0 aliphatic heterocycles. The van der Waals surface area contributed by atoms with Crippen LogP contribution in [-0.2, 0) is 4.79 Å². The summed E-state index contributed by atoms with van der Waals surface area (Å²) in [6.45, 7) is 6.98. The Morgan fingerprint density at radius 1 is 0.882 bits per heavy atom. The molecule has 0 aliphatic carbocycles. The summed E-state index contributed by atoms with van der Waals surface area (Å²) in [4.78, 5) is 11.3. The van der Waals surface area contributed by atoms with Crippen molar-refractivity contribution in [3.05, 3.63) is 0 Å². The third-order valence-electron chi connectivity index (χ3n) is 3.10. The van der Waals surface area contributed by atoms with Crippen LogP contribution in [0.3, 0.4) is 0 Å². The normalized spacial score (nSPS) is 10.8. The first-order chi connectivity index (χ1) is 8.18. The zero-order valence-corrected chi connectivity index (χ0v) is 12.1. The van der Waals surface area contributed by atoms with E-state index in [1.807, 2.05) is 13.8 Å². The molecule has 0 heterocycles. The molecule has 0 bridgehead atoms. The minimum atomic E-state index is 0.119. The molecular weight excluding hydrogens is 210 g/mol. The fourth-order valence-electron chi connectivity index (χ4n) is 1.85. The first kappa shape index (κ1) is 16.5. The van der Waals surface area contributed by atoms with Crippen LogP contribution in [0, 0.1) is 5.92 Å². The second-order valence-electron chi connectivity index (χ2n) is 5.27. The fraction of sp³-hybridized carbons (Fsp3) is 0.933. The molecule has 0 spiro atoms. The second kappa shape index (κ2) is 11.9. The molecule has 0 aromatic heterocycles. The minimum absolute atomic E-state index is 0.119. The number of carbonyl (C=O) groups is 1. The van der Waals surface area contributed by atoms with Gasteiger partial charge >= 0.3 is 0 Å². The van der Waals surface area contributed by atoms with Gasteiger partial charge in [-0.3, -0.25) is 4.79 Å². The third kappa shape index (κ3) is 11.7. The standard InChI is InChI=1S/C15H31NO/c1-4-5-6-7-8-9-10-11-12-13-16-15(17)14(2)3/h14H,4-13H2,1-3H3,(H,16,17). The van der Waals surface area contributed by atoms with Crippen LogP contribution in [0.1, 0.15) is 78.6 Å². The summed E-state index contributed by atoms with van der Waals surface area (Å²) in [5.74, 6) is 0.304. The maximum atomic E-state index is 11.3. The lowest BCUT2D eigenvalue weighted by Gasteiger charge is -2.07. The predicted molar refractivity (Wildman–Crippen MR) is 75.1 cm³/mol. The van der Waals surface area contributed by atoms with E-state index in [0.29, 0.717) is 0 Å². The van der Waals surface area contributed by atoms with Crippen molar-refractivity contribution in [1.29, 1.82) is 0 Å². The van der Waals surface area contributed by atoms with Gasteiger partial charge in [0.05, 0.1) is 0 Å². The lowest BCUT2D eigenvalue weighted by atomic mass is 10.1. The summed E-state index contributed by atoms with van der Waals surface area (Å²) in [6.07, 6.45) is 12.0. The number of amides is 1. The maximum absolute atomic E-state index is 11.3. The van der Waals surface area contributed by atoms with Crippen LogP contribution in [0.2, 0.25) is 0 Å². The zero-order valence-electron chi connectivity index (χ0n) is 12.1. The predicted octanol–water partition coefficient (Wildman–Crippen LogP) is 4.29. The Labute approximate surface area is 108 Å². The largest absolute Gasteiger partial charge is 0.356 e. The minimum Gasteiger partial charge on any atom is -0.356 e. The molecule has 0 aromatic carbocycles. The van der Waals surface area contributed by atoms with Crippen LogP contribution in [0.5, 0.6) is 0 Å². The van der Waals surface area contributed by atoms with Gasteiger partial charge in [-0.1, -0.05) is 72.1 Å². The molecule has 0 aromatic rings. The van der Waals surface area contributed by atoms with Crippen molar-refractivity contribution in [2.45, 2.75) is 78.6 Å². The van der Waals surface area contributed by atoms with Crippen LogP contribution in [0.15, 0.2) is 0 Å². The van der Waals surface area contributed by atoms with Crippen molar-refractivity contribution in [2.75, 3.05) is 6.54 Å². The summed E-state index contributed by atoms with van der Waals surface area (Å²) in [5, 5.41) is 2.96. The molecule has 102 valence electrons. The molecule has 0 atom stereocenters. The monoisotopic (exact) mass is 241 g/mol. The first-order valence-electron chi connectivity index (χ1n) is 7.46. The van der Waals surface area contributed by atoms with Gasteiger partial charge in [-0.25, -0.2) is 0 Å². The highest BCUT2D eigenvalue weighted by Crippen LogP contribution is 2.09. The quantitative estimate of drug-likeness (QED) is 0.537. The maximum Gasteiger partial charge on any atom is 0.222 e. The Morgan fingerprint density at radius 3 is 1.82 bits per heavy atom. The SMILES string of the molecule is CCCCCCCCCCCNC(=O)C(C)C. The van der Waals surface area contributed by atoms with E-state index in [1.54, 1.807) is 0 Å². The van der Waals surface area contributed by atoms with Crippen molar-refractivity contribution in [1.82, 2.24) is 5.32 Å². The number of unbranched alkanes of at least 4 members (excludes halogenated alkanes) is 8. The Kier molecular flexibility index (Phi) is 11.6. The highest BCUT2D eigenvalue weighted by Gasteiger charge is 2.04. The molecule has 0 saturated heterocycles. The van der Waals surface area contributed by atoms with Gasteiger partial charge in [0, 0.05) is 12.5 Å². The molecule has 0 unspecified atom stereocenters. The Hall–Kier alpha value is -0.530. The van der Waals surface area contributed by atoms with E-state index in [9.17, 15) is 4.79 Å². The van der Waals surface area contributed by atoms with Crippen LogP contribution >= 0.6 is 0 Å². The molecule has 1 amide bonds. The van der Waals surface area contributed by atoms with Crippen molar-refractivity contribution < 1.29 is 4.79 Å². The molecule has 2 nitrogen and oxygen atoms in total. The molecule has 0 radical (unpaired) electrons. The average Bonchev–Trinajstić information content (AvgIpc) is 2.31. The van der Waals surface area contributed by atoms with Gasteiger partial charge in [0.25, 0.3) is 0 Å². The number of hydrogen-bond acceptors (Lipinski definition) is 1. The van der Waals surface area contributed by atoms with Crippen LogP contribution in [-0.4, -0.2) is 12.5 Å². The smallest absolute Gasteiger partial charge is 0.222 e. The molecule has 0 saturated carbocycles. The highest BCUT2D eigenvalue weighted by atomic mass is 16.1. The van der Waals surface area contributed by atoms with E-state index in [2.05, 4.69) is 12.2 Å². The van der Waals surface area contributed by atoms with E-state index in [0.717, 1.165) is 13.0 Å². The number of rotatable bonds is 11. The molecule has 0 aliphatic rings. The second-order valence-corrected chi connectivity index (χ2v) is 5.27. The van der Waals surface area contributed by atoms with E-state index in [-0.39, 0.29) is 11.8 Å². The summed E-state index contributed by atoms with van der Waals surface area (Å²) < 4.78 is 0. The van der Waals surface area contributed by atoms with Gasteiger partial charge in [0.15, 0.2) is 0 Å². The molecule has 17 heavy (non-hydrogen) atoms. The lowest BCUT2D eigenvalue weighted by Crippen LogP contribution is -2.28. The first-order valence-corrected chi connectivity index (χ1v) is 7.46. The Morgan fingerprint density at radius 2 is 1.35 bits per heavy atom. The summed E-state index contributed by atoms with van der Waals surface area (Å²) >= 11 is 0. The van der Waals surface area contributed by atoms with Gasteiger partial charge in [-0.05, 0) is 6.42 Å². The van der Waals surface area contributed by atoms with E-state index in [4.69, 9.17) is 0 Å². The van der Waals surface area contributed by atoms with E-state index >= 15 is 0 Å². The molecule has 2 heteroatoms. The van der Waals surface area contributed by atoms with Gasteiger partial charge in [0.1, 0.15) is 0 Å². The van der Waals surface area contributed by atoms with Crippen molar-refractivity contribution in [3.8, 4) is 0 Å². The van der Waals surface area contributed by atoms with Crippen molar-refractivity contribution in [2.24, 2.45) is 5.92 Å². The number of carbonyl (C=O) groups excluding carboxylic acids is 1. The topological polar surface area (TPSA) is 29.1 Å². The highest BCUT2D eigenvalue weighted by molar-refractivity contribution is 5.77. The third-order valence-corrected chi connectivity index (χ3v) is 3.10. The van der Waals surface area contributed by atoms with E-state index < -0.39 is 0 Å². The zero-order chi connectivity index (χ0) is 12.9. The van der Waals surface area contributed by atoms with Gasteiger partial charge in [-0.15, -0.1) is 0 Å². The van der Waals surface area contributed by atoms with Crippen molar-refractivity contribution >= 4 is 5.91 Å². The fourth-order valence-corrected chi connectivity index (χ4v) is 1.85. The molecular formula is C15H31NO. The lowest BCUT2D eigenvalue weighted by molar-refractivity contribution is -0.123. The summed E-state index contributed by atoms with van der Waals surface area (Å²) in [7, 11) is 0. The summed E-state index contributed by atoms with van der Waals surface area (Å²) in [5.41, 5.74) is 0. The molecule has 0 fully saturated rings. The average molecular weight is 241 g/mol.